The number of hydrogen-bond acceptors (Lipinski definition) is 7. The minimum Gasteiger partial charge on any atom is -0.761 e. The summed E-state index contributed by atoms with van der Waals surface area (Å²) in [7, 11) is 1.28. The second kappa shape index (κ2) is 5.93. The van der Waals surface area contributed by atoms with E-state index in [1.54, 1.807) is 5.48 Å². The molecule has 0 spiro atoms. The first-order valence-corrected chi connectivity index (χ1v) is 5.89. The number of nitrogens with two attached hydrogens (primary N) is 1. The van der Waals surface area contributed by atoms with E-state index in [1.165, 1.54) is 19.2 Å². The number of benzene rings is 1. The SMILES string of the molecule is COc1nc(N)nc(Nc2ccc(C(F)(F)F)cc2)c1N[O-]. The van der Waals surface area contributed by atoms with Gasteiger partial charge in [0, 0.05) is 5.69 Å². The van der Waals surface area contributed by atoms with Gasteiger partial charge in [0.25, 0.3) is 0 Å². The number of nitrogen functional groups attached to an aromatic ring is 1. The van der Waals surface area contributed by atoms with Crippen molar-refractivity contribution >= 4 is 23.1 Å². The van der Waals surface area contributed by atoms with Gasteiger partial charge in [0.15, 0.2) is 5.82 Å². The predicted molar refractivity (Wildman–Crippen MR) is 74.7 cm³/mol. The highest BCUT2D eigenvalue weighted by Crippen LogP contribution is 2.33. The van der Waals surface area contributed by atoms with Crippen molar-refractivity contribution in [3.63, 3.8) is 0 Å². The Bertz CT molecular complexity index is 661. The Hall–Kier alpha value is -2.75. The van der Waals surface area contributed by atoms with Gasteiger partial charge in [-0.3, -0.25) is 0 Å². The summed E-state index contributed by atoms with van der Waals surface area (Å²) in [6.07, 6.45) is -4.43. The van der Waals surface area contributed by atoms with Crippen LogP contribution < -0.4 is 21.3 Å². The van der Waals surface area contributed by atoms with Crippen molar-refractivity contribution < 1.29 is 17.9 Å². The van der Waals surface area contributed by atoms with Crippen LogP contribution in [0.4, 0.5) is 36.3 Å². The van der Waals surface area contributed by atoms with Crippen molar-refractivity contribution in [3.05, 3.63) is 35.0 Å². The zero-order chi connectivity index (χ0) is 16.3. The van der Waals surface area contributed by atoms with Crippen LogP contribution in [-0.2, 0) is 6.18 Å². The van der Waals surface area contributed by atoms with Crippen LogP contribution in [-0.4, -0.2) is 17.1 Å². The van der Waals surface area contributed by atoms with Crippen LogP contribution in [0, 0.1) is 5.21 Å². The monoisotopic (exact) mass is 314 g/mol. The summed E-state index contributed by atoms with van der Waals surface area (Å²) in [5, 5.41) is 13.7. The molecule has 10 heteroatoms. The lowest BCUT2D eigenvalue weighted by atomic mass is 10.2. The second-order valence-electron chi connectivity index (χ2n) is 4.12. The Morgan fingerprint density at radius 2 is 1.82 bits per heavy atom. The van der Waals surface area contributed by atoms with Crippen LogP contribution in [0.3, 0.4) is 0 Å². The molecule has 0 bridgehead atoms. The van der Waals surface area contributed by atoms with E-state index in [-0.39, 0.29) is 29.0 Å². The van der Waals surface area contributed by atoms with Gasteiger partial charge in [0.2, 0.25) is 11.8 Å². The molecule has 1 aromatic carbocycles. The van der Waals surface area contributed by atoms with E-state index in [9.17, 15) is 18.4 Å². The number of hydrogen-bond donors (Lipinski definition) is 3. The van der Waals surface area contributed by atoms with Crippen molar-refractivity contribution in [2.75, 3.05) is 23.6 Å². The lowest BCUT2D eigenvalue weighted by Gasteiger charge is -2.18. The first-order chi connectivity index (χ1) is 10.3. The van der Waals surface area contributed by atoms with Gasteiger partial charge in [-0.15, -0.1) is 0 Å². The third-order valence-electron chi connectivity index (χ3n) is 2.66. The number of alkyl halides is 3. The minimum atomic E-state index is -4.43. The minimum absolute atomic E-state index is 0.0147. The molecular weight excluding hydrogens is 303 g/mol. The lowest BCUT2D eigenvalue weighted by molar-refractivity contribution is -0.137. The number of methoxy groups -OCH3 is 1. The van der Waals surface area contributed by atoms with Gasteiger partial charge in [-0.05, 0) is 24.3 Å². The van der Waals surface area contributed by atoms with E-state index in [2.05, 4.69) is 15.3 Å². The molecular formula is C12H11F3N5O2-. The normalized spacial score (nSPS) is 11.1. The number of halogens is 3. The Morgan fingerprint density at radius 1 is 1.18 bits per heavy atom. The van der Waals surface area contributed by atoms with E-state index in [0.29, 0.717) is 0 Å². The topological polar surface area (TPSA) is 108 Å². The molecule has 0 fully saturated rings. The van der Waals surface area contributed by atoms with E-state index >= 15 is 0 Å². The fourth-order valence-corrected chi connectivity index (χ4v) is 1.67. The molecule has 2 aromatic rings. The number of aromatic nitrogens is 2. The first-order valence-electron chi connectivity index (χ1n) is 5.89. The maximum Gasteiger partial charge on any atom is 0.416 e. The molecule has 7 nitrogen and oxygen atoms in total. The van der Waals surface area contributed by atoms with E-state index in [1.807, 2.05) is 0 Å². The number of nitrogens with zero attached hydrogens (tertiary/aromatic N) is 2. The number of ether oxygens (including phenoxy) is 1. The van der Waals surface area contributed by atoms with Gasteiger partial charge in [0.05, 0.1) is 12.7 Å². The van der Waals surface area contributed by atoms with Gasteiger partial charge in [-0.25, -0.2) is 0 Å². The van der Waals surface area contributed by atoms with Gasteiger partial charge in [0.1, 0.15) is 5.69 Å². The Kier molecular flexibility index (Phi) is 4.22. The fraction of sp³-hybridized carbons (Fsp3) is 0.167. The molecule has 1 aromatic heterocycles. The van der Waals surface area contributed by atoms with Crippen molar-refractivity contribution in [3.8, 4) is 5.88 Å². The highest BCUT2D eigenvalue weighted by atomic mass is 19.4. The second-order valence-corrected chi connectivity index (χ2v) is 4.12. The van der Waals surface area contributed by atoms with Gasteiger partial charge >= 0.3 is 6.18 Å². The van der Waals surface area contributed by atoms with Gasteiger partial charge < -0.3 is 26.5 Å². The molecule has 0 aliphatic rings. The van der Waals surface area contributed by atoms with Crippen molar-refractivity contribution in [1.82, 2.24) is 9.97 Å². The molecule has 0 aliphatic carbocycles. The summed E-state index contributed by atoms with van der Waals surface area (Å²) in [6, 6.07) is 4.19. The zero-order valence-electron chi connectivity index (χ0n) is 11.2. The standard InChI is InChI=1S/C12H11F3N5O2/c1-22-10-8(20-21)9(18-11(16)19-10)17-7-4-2-6(3-5-7)12(13,14)15/h2-5,20H,1H3,(H3,16,17,18,19)/q-1. The molecule has 0 atom stereocenters. The average Bonchev–Trinajstić information content (AvgIpc) is 2.46. The average molecular weight is 314 g/mol. The molecule has 22 heavy (non-hydrogen) atoms. The van der Waals surface area contributed by atoms with Crippen LogP contribution in [0.5, 0.6) is 5.88 Å². The molecule has 0 aliphatic heterocycles. The quantitative estimate of drug-likeness (QED) is 0.744. The summed E-state index contributed by atoms with van der Waals surface area (Å²) >= 11 is 0. The molecule has 2 rings (SSSR count). The molecule has 0 radical (unpaired) electrons. The number of anilines is 4. The van der Waals surface area contributed by atoms with Crippen molar-refractivity contribution in [2.45, 2.75) is 6.18 Å². The third-order valence-corrected chi connectivity index (χ3v) is 2.66. The smallest absolute Gasteiger partial charge is 0.416 e. The van der Waals surface area contributed by atoms with Crippen LogP contribution >= 0.6 is 0 Å². The predicted octanol–water partition coefficient (Wildman–Crippen LogP) is 2.74. The van der Waals surface area contributed by atoms with E-state index in [0.717, 1.165) is 12.1 Å². The summed E-state index contributed by atoms with van der Waals surface area (Å²) in [5.74, 6) is -0.263. The van der Waals surface area contributed by atoms with Crippen molar-refractivity contribution in [1.29, 1.82) is 0 Å². The van der Waals surface area contributed by atoms with Crippen LogP contribution in [0.15, 0.2) is 24.3 Å². The first kappa shape index (κ1) is 15.6. The Morgan fingerprint density at radius 3 is 2.32 bits per heavy atom. The maximum atomic E-state index is 12.5. The van der Waals surface area contributed by atoms with Crippen LogP contribution in [0.1, 0.15) is 5.56 Å². The van der Waals surface area contributed by atoms with E-state index in [4.69, 9.17) is 10.5 Å². The maximum absolute atomic E-state index is 12.5. The lowest BCUT2D eigenvalue weighted by Crippen LogP contribution is -2.07. The number of rotatable bonds is 4. The summed E-state index contributed by atoms with van der Waals surface area (Å²) < 4.78 is 42.4. The molecule has 4 N–H and O–H groups in total. The molecule has 118 valence electrons. The van der Waals surface area contributed by atoms with Crippen LogP contribution in [0.25, 0.3) is 0 Å². The summed E-state index contributed by atoms with van der Waals surface area (Å²) in [5.41, 5.74) is 6.45. The Labute approximate surface area is 122 Å². The zero-order valence-corrected chi connectivity index (χ0v) is 11.2. The van der Waals surface area contributed by atoms with Crippen LogP contribution in [0.2, 0.25) is 0 Å². The van der Waals surface area contributed by atoms with Gasteiger partial charge in [-0.2, -0.15) is 23.1 Å². The van der Waals surface area contributed by atoms with E-state index < -0.39 is 11.7 Å². The largest absolute Gasteiger partial charge is 0.761 e. The highest BCUT2D eigenvalue weighted by Gasteiger charge is 2.30. The summed E-state index contributed by atoms with van der Waals surface area (Å²) in [6.45, 7) is 0. The molecule has 0 saturated heterocycles. The fourth-order valence-electron chi connectivity index (χ4n) is 1.67. The third kappa shape index (κ3) is 3.28. The van der Waals surface area contributed by atoms with Gasteiger partial charge in [-0.1, -0.05) is 0 Å². The highest BCUT2D eigenvalue weighted by molar-refractivity contribution is 5.76. The van der Waals surface area contributed by atoms with Crippen molar-refractivity contribution in [2.24, 2.45) is 0 Å². The molecule has 0 amide bonds. The molecule has 0 saturated carbocycles. The Balaban J connectivity index is 2.33. The summed E-state index contributed by atoms with van der Waals surface area (Å²) in [4.78, 5) is 7.51. The molecule has 1 heterocycles. The number of nitrogens with one attached hydrogen (secondary N) is 2. The molecule has 0 unspecified atom stereocenters.